The van der Waals surface area contributed by atoms with Crippen LogP contribution in [0.2, 0.25) is 0 Å². The molecule has 2 saturated heterocycles. The van der Waals surface area contributed by atoms with Gasteiger partial charge in [0, 0.05) is 48.7 Å². The number of rotatable bonds is 4. The molecule has 1 N–H and O–H groups in total. The van der Waals surface area contributed by atoms with Gasteiger partial charge in [0.25, 0.3) is 0 Å². The molecule has 2 amide bonds. The summed E-state index contributed by atoms with van der Waals surface area (Å²) in [7, 11) is 0. The quantitative estimate of drug-likeness (QED) is 0.311. The minimum Gasteiger partial charge on any atom is -0.356 e. The van der Waals surface area contributed by atoms with Crippen LogP contribution in [0.5, 0.6) is 0 Å². The van der Waals surface area contributed by atoms with Crippen LogP contribution in [0.25, 0.3) is 21.7 Å². The number of carbonyl (C=O) groups is 2. The summed E-state index contributed by atoms with van der Waals surface area (Å²) in [5.74, 6) is 0.130. The van der Waals surface area contributed by atoms with Crippen LogP contribution in [0, 0.1) is 0 Å². The van der Waals surface area contributed by atoms with E-state index in [1.54, 1.807) is 0 Å². The first-order valence-corrected chi connectivity index (χ1v) is 15.1. The van der Waals surface area contributed by atoms with Gasteiger partial charge < -0.3 is 14.8 Å². The normalized spacial score (nSPS) is 21.6. The molecule has 2 atom stereocenters. The Bertz CT molecular complexity index is 1800. The monoisotopic (exact) mass is 554 g/mol. The molecule has 0 aliphatic carbocycles. The molecule has 8 rings (SSSR count). The predicted molar refractivity (Wildman–Crippen MR) is 165 cm³/mol. The summed E-state index contributed by atoms with van der Waals surface area (Å²) >= 11 is 0. The van der Waals surface area contributed by atoms with Crippen LogP contribution in [0.3, 0.4) is 0 Å². The number of piperidine rings is 1. The van der Waals surface area contributed by atoms with Crippen molar-refractivity contribution in [2.75, 3.05) is 19.6 Å². The van der Waals surface area contributed by atoms with E-state index in [-0.39, 0.29) is 30.4 Å². The van der Waals surface area contributed by atoms with Crippen LogP contribution >= 0.6 is 0 Å². The summed E-state index contributed by atoms with van der Waals surface area (Å²) in [5, 5.41) is 3.39. The van der Waals surface area contributed by atoms with Crippen LogP contribution in [0.4, 0.5) is 0 Å². The highest BCUT2D eigenvalue weighted by Crippen LogP contribution is 2.44. The van der Waals surface area contributed by atoms with E-state index in [1.807, 2.05) is 34.1 Å². The van der Waals surface area contributed by atoms with Gasteiger partial charge in [-0.15, -0.1) is 0 Å². The number of likely N-dealkylation sites (tertiary alicyclic amines) is 1. The van der Waals surface area contributed by atoms with Crippen molar-refractivity contribution in [2.45, 2.75) is 43.9 Å². The van der Waals surface area contributed by atoms with Crippen LogP contribution in [0.15, 0.2) is 97.1 Å². The molecule has 5 aromatic rings. The van der Waals surface area contributed by atoms with Gasteiger partial charge >= 0.3 is 0 Å². The molecule has 0 unspecified atom stereocenters. The molecule has 3 aliphatic heterocycles. The molecule has 42 heavy (non-hydrogen) atoms. The zero-order chi connectivity index (χ0) is 28.2. The third kappa shape index (κ3) is 4.12. The van der Waals surface area contributed by atoms with E-state index in [2.05, 4.69) is 82.7 Å². The Balaban J connectivity index is 1.14. The molecular formula is C36H34N4O2. The molecule has 2 fully saturated rings. The lowest BCUT2D eigenvalue weighted by Crippen LogP contribution is -2.65. The van der Waals surface area contributed by atoms with Gasteiger partial charge in [-0.05, 0) is 46.4 Å². The SMILES string of the molecule is O=C1[C@@H]2Cc3c([nH]c4ccccc34)[C@H](c3cccc4ccccc34)N2C(=O)CN1C1CCN(Cc2ccccc2)CC1. The van der Waals surface area contributed by atoms with Crippen LogP contribution in [-0.2, 0) is 22.6 Å². The number of fused-ring (bicyclic) bond motifs is 5. The number of benzene rings is 4. The first kappa shape index (κ1) is 25.3. The largest absolute Gasteiger partial charge is 0.356 e. The molecule has 0 spiro atoms. The summed E-state index contributed by atoms with van der Waals surface area (Å²) in [6.45, 7) is 2.93. The molecule has 3 aliphatic rings. The lowest BCUT2D eigenvalue weighted by Gasteiger charge is -2.50. The Morgan fingerprint density at radius 1 is 0.762 bits per heavy atom. The molecule has 0 saturated carbocycles. The van der Waals surface area contributed by atoms with Crippen molar-refractivity contribution < 1.29 is 9.59 Å². The standard InChI is InChI=1S/C36H34N4O2/c41-33-23-39(26-17-19-38(20-18-26)22-24-9-2-1-3-10-24)36(42)32-21-30-28-14-6-7-16-31(28)37-34(30)35(40(32)33)29-15-8-12-25-11-4-5-13-27(25)29/h1-16,26,32,35,37H,17-23H2/t32-,35-/m0/s1. The Hall–Kier alpha value is -4.42. The van der Waals surface area contributed by atoms with Crippen molar-refractivity contribution in [3.05, 3.63) is 119 Å². The smallest absolute Gasteiger partial charge is 0.246 e. The van der Waals surface area contributed by atoms with E-state index in [0.717, 1.165) is 71.0 Å². The van der Waals surface area contributed by atoms with Crippen molar-refractivity contribution in [3.63, 3.8) is 0 Å². The number of amides is 2. The number of H-pyrrole nitrogens is 1. The molecule has 6 heteroatoms. The minimum absolute atomic E-state index is 0.0357. The topological polar surface area (TPSA) is 59.7 Å². The van der Waals surface area contributed by atoms with Crippen LogP contribution in [0.1, 0.15) is 41.3 Å². The van der Waals surface area contributed by atoms with E-state index in [1.165, 1.54) is 5.56 Å². The minimum atomic E-state index is -0.510. The Kier molecular flexibility index (Phi) is 6.11. The van der Waals surface area contributed by atoms with E-state index in [9.17, 15) is 9.59 Å². The average molecular weight is 555 g/mol. The molecule has 1 aromatic heterocycles. The number of aromatic nitrogens is 1. The average Bonchev–Trinajstić information content (AvgIpc) is 3.41. The lowest BCUT2D eigenvalue weighted by molar-refractivity contribution is -0.161. The van der Waals surface area contributed by atoms with Gasteiger partial charge in [-0.25, -0.2) is 0 Å². The number of hydrogen-bond acceptors (Lipinski definition) is 3. The second-order valence-corrected chi connectivity index (χ2v) is 12.0. The first-order chi connectivity index (χ1) is 20.7. The van der Waals surface area contributed by atoms with E-state index in [0.29, 0.717) is 6.42 Å². The fourth-order valence-corrected chi connectivity index (χ4v) is 7.64. The Morgan fingerprint density at radius 3 is 2.31 bits per heavy atom. The molecule has 210 valence electrons. The highest BCUT2D eigenvalue weighted by molar-refractivity contribution is 5.98. The van der Waals surface area contributed by atoms with Gasteiger partial charge in [-0.3, -0.25) is 14.5 Å². The van der Waals surface area contributed by atoms with Gasteiger partial charge in [-0.1, -0.05) is 91.0 Å². The summed E-state index contributed by atoms with van der Waals surface area (Å²) < 4.78 is 0. The van der Waals surface area contributed by atoms with E-state index >= 15 is 0 Å². The summed E-state index contributed by atoms with van der Waals surface area (Å²) in [5.41, 5.74) is 5.62. The zero-order valence-electron chi connectivity index (χ0n) is 23.6. The summed E-state index contributed by atoms with van der Waals surface area (Å²) in [6, 6.07) is 32.7. The molecule has 0 radical (unpaired) electrons. The van der Waals surface area contributed by atoms with Crippen LogP contribution < -0.4 is 0 Å². The number of aromatic amines is 1. The van der Waals surface area contributed by atoms with Gasteiger partial charge in [0.05, 0.1) is 6.04 Å². The molecule has 4 heterocycles. The van der Waals surface area contributed by atoms with Gasteiger partial charge in [0.15, 0.2) is 0 Å². The summed E-state index contributed by atoms with van der Waals surface area (Å²) in [6.07, 6.45) is 2.32. The molecular weight excluding hydrogens is 520 g/mol. The van der Waals surface area contributed by atoms with Crippen molar-refractivity contribution in [2.24, 2.45) is 0 Å². The Morgan fingerprint density at radius 2 is 1.48 bits per heavy atom. The number of nitrogens with zero attached hydrogens (tertiary/aromatic N) is 3. The number of hydrogen-bond donors (Lipinski definition) is 1. The van der Waals surface area contributed by atoms with Crippen molar-refractivity contribution in [3.8, 4) is 0 Å². The lowest BCUT2D eigenvalue weighted by atomic mass is 9.84. The summed E-state index contributed by atoms with van der Waals surface area (Å²) in [4.78, 5) is 38.5. The van der Waals surface area contributed by atoms with E-state index < -0.39 is 6.04 Å². The van der Waals surface area contributed by atoms with Crippen molar-refractivity contribution in [1.29, 1.82) is 0 Å². The second kappa shape index (κ2) is 10.1. The van der Waals surface area contributed by atoms with Crippen molar-refractivity contribution in [1.82, 2.24) is 19.7 Å². The zero-order valence-corrected chi connectivity index (χ0v) is 23.6. The maximum Gasteiger partial charge on any atom is 0.246 e. The molecule has 6 nitrogen and oxygen atoms in total. The number of piperazine rings is 1. The van der Waals surface area contributed by atoms with Gasteiger partial charge in [0.1, 0.15) is 12.6 Å². The predicted octanol–water partition coefficient (Wildman–Crippen LogP) is 5.67. The Labute approximate surface area is 245 Å². The maximum atomic E-state index is 14.4. The number of nitrogens with one attached hydrogen (secondary N) is 1. The molecule has 4 aromatic carbocycles. The maximum absolute atomic E-state index is 14.4. The first-order valence-electron chi connectivity index (χ1n) is 15.1. The fraction of sp³-hybridized carbons (Fsp3) is 0.278. The van der Waals surface area contributed by atoms with Crippen molar-refractivity contribution >= 4 is 33.5 Å². The third-order valence-corrected chi connectivity index (χ3v) is 9.66. The van der Waals surface area contributed by atoms with Crippen LogP contribution in [-0.4, -0.2) is 63.2 Å². The molecule has 0 bridgehead atoms. The fourth-order valence-electron chi connectivity index (χ4n) is 7.64. The second-order valence-electron chi connectivity index (χ2n) is 12.0. The van der Waals surface area contributed by atoms with Gasteiger partial charge in [-0.2, -0.15) is 0 Å². The number of carbonyl (C=O) groups excluding carboxylic acids is 2. The number of para-hydroxylation sites is 1. The van der Waals surface area contributed by atoms with E-state index in [4.69, 9.17) is 0 Å². The van der Waals surface area contributed by atoms with Gasteiger partial charge in [0.2, 0.25) is 11.8 Å². The third-order valence-electron chi connectivity index (χ3n) is 9.66. The highest BCUT2D eigenvalue weighted by Gasteiger charge is 2.50. The highest BCUT2D eigenvalue weighted by atomic mass is 16.2.